The molecule has 0 spiro atoms. The Bertz CT molecular complexity index is 2690. The zero-order chi connectivity index (χ0) is 31.9. The molecule has 4 heterocycles. The molecule has 0 N–H and O–H groups in total. The van der Waals surface area contributed by atoms with E-state index in [1.807, 2.05) is 120 Å². The minimum atomic E-state index is 0. The molecule has 0 bridgehead atoms. The molecule has 1 radical (unpaired) electrons. The Balaban J connectivity index is 0.000000228. The van der Waals surface area contributed by atoms with E-state index in [1.165, 1.54) is 0 Å². The first kappa shape index (κ1) is 30.3. The van der Waals surface area contributed by atoms with Crippen LogP contribution in [0.3, 0.4) is 0 Å². The number of rotatable bonds is 3. The quantitative estimate of drug-likeness (QED) is 0.166. The van der Waals surface area contributed by atoms with Gasteiger partial charge in [-0.25, -0.2) is 9.97 Å². The number of para-hydroxylation sites is 3. The number of aromatic nitrogens is 5. The monoisotopic (exact) mass is 808 g/mol. The molecule has 4 aromatic heterocycles. The summed E-state index contributed by atoms with van der Waals surface area (Å²) < 4.78 is 8.64. The third-order valence-electron chi connectivity index (χ3n) is 8.38. The van der Waals surface area contributed by atoms with E-state index in [0.717, 1.165) is 66.3 Å². The molecule has 6 nitrogen and oxygen atoms in total. The fourth-order valence-corrected chi connectivity index (χ4v) is 6.16. The summed E-state index contributed by atoms with van der Waals surface area (Å²) in [6.45, 7) is 0. The van der Waals surface area contributed by atoms with Crippen LogP contribution in [0.4, 0.5) is 0 Å². The van der Waals surface area contributed by atoms with E-state index in [2.05, 4.69) is 47.4 Å². The number of benzene rings is 6. The van der Waals surface area contributed by atoms with Gasteiger partial charge in [-0.05, 0) is 41.4 Å². The molecule has 0 aliphatic carbocycles. The Kier molecular flexibility index (Phi) is 7.98. The maximum atomic E-state index is 6.59. The number of pyridine rings is 1. The number of imidazole rings is 1. The van der Waals surface area contributed by atoms with Crippen LogP contribution >= 0.6 is 0 Å². The van der Waals surface area contributed by atoms with Crippen molar-refractivity contribution in [1.82, 2.24) is 24.5 Å². The molecular weight excluding hydrogens is 783 g/mol. The molecule has 235 valence electrons. The number of fused-ring (bicyclic) bond motifs is 7. The van der Waals surface area contributed by atoms with Crippen LogP contribution in [-0.4, -0.2) is 24.5 Å². The summed E-state index contributed by atoms with van der Waals surface area (Å²) >= 11 is 0. The van der Waals surface area contributed by atoms with Gasteiger partial charge >= 0.3 is 0 Å². The van der Waals surface area contributed by atoms with Gasteiger partial charge in [-0.3, -0.25) is 4.98 Å². The van der Waals surface area contributed by atoms with E-state index in [0.29, 0.717) is 17.1 Å². The van der Waals surface area contributed by atoms with E-state index in [9.17, 15) is 0 Å². The van der Waals surface area contributed by atoms with Gasteiger partial charge in [0, 0.05) is 42.8 Å². The van der Waals surface area contributed by atoms with Crippen LogP contribution in [-0.2, 0) is 20.1 Å². The fraction of sp³-hybridized carbons (Fsp3) is 0. The summed E-state index contributed by atoms with van der Waals surface area (Å²) in [5, 5.41) is 4.33. The molecule has 0 amide bonds. The topological polar surface area (TPSA) is 69.6 Å². The van der Waals surface area contributed by atoms with Gasteiger partial charge in [-0.2, -0.15) is 0 Å². The van der Waals surface area contributed by atoms with Crippen LogP contribution in [0, 0.1) is 12.1 Å². The van der Waals surface area contributed by atoms with Crippen molar-refractivity contribution in [2.45, 2.75) is 0 Å². The number of nitrogens with zero attached hydrogens (tertiary/aromatic N) is 5. The molecule has 0 saturated heterocycles. The Morgan fingerprint density at radius 1 is 0.551 bits per heavy atom. The predicted molar refractivity (Wildman–Crippen MR) is 192 cm³/mol. The summed E-state index contributed by atoms with van der Waals surface area (Å²) in [6, 6.07) is 54.8. The van der Waals surface area contributed by atoms with Gasteiger partial charge < -0.3 is 14.0 Å². The van der Waals surface area contributed by atoms with Crippen molar-refractivity contribution >= 4 is 55.0 Å². The number of hydrogen-bond donors (Lipinski definition) is 0. The molecule has 0 unspecified atom stereocenters. The summed E-state index contributed by atoms with van der Waals surface area (Å²) in [5.41, 5.74) is 8.27. The van der Waals surface area contributed by atoms with E-state index in [1.54, 1.807) is 6.20 Å². The van der Waals surface area contributed by atoms with Crippen LogP contribution < -0.4 is 0 Å². The summed E-state index contributed by atoms with van der Waals surface area (Å²) in [7, 11) is 0. The number of furan rings is 1. The second-order valence-corrected chi connectivity index (χ2v) is 11.3. The van der Waals surface area contributed by atoms with Gasteiger partial charge in [0.15, 0.2) is 11.3 Å². The number of hydrogen-bond acceptors (Lipinski definition) is 5. The molecule has 7 heteroatoms. The van der Waals surface area contributed by atoms with E-state index < -0.39 is 0 Å². The zero-order valence-corrected chi connectivity index (χ0v) is 28.3. The average molecular weight is 808 g/mol. The SMILES string of the molecule is [Ir].[c-]1ccc2c(oc3c4ccccc4ccc23)c1-c1nc2nc3ccccc3nc2n1-c1ccccc1.[c-]1ccccc1-c1ccccn1. The molecule has 10 aromatic rings. The summed E-state index contributed by atoms with van der Waals surface area (Å²) in [6.07, 6.45) is 1.79. The fourth-order valence-electron chi connectivity index (χ4n) is 6.16. The predicted octanol–water partition coefficient (Wildman–Crippen LogP) is 10.0. The first-order valence-electron chi connectivity index (χ1n) is 15.7. The van der Waals surface area contributed by atoms with Crippen molar-refractivity contribution in [1.29, 1.82) is 0 Å². The first-order chi connectivity index (χ1) is 23.8. The molecule has 0 aliphatic rings. The van der Waals surface area contributed by atoms with Crippen molar-refractivity contribution in [3.8, 4) is 28.3 Å². The van der Waals surface area contributed by atoms with Crippen LogP contribution in [0.15, 0.2) is 156 Å². The van der Waals surface area contributed by atoms with Crippen molar-refractivity contribution < 1.29 is 24.5 Å². The maximum Gasteiger partial charge on any atom is 0.188 e. The normalized spacial score (nSPS) is 11.1. The van der Waals surface area contributed by atoms with Gasteiger partial charge in [-0.1, -0.05) is 89.8 Å². The van der Waals surface area contributed by atoms with Gasteiger partial charge in [0.05, 0.1) is 22.4 Å². The molecular formula is C42H25IrN5O-2. The Labute approximate surface area is 295 Å². The third kappa shape index (κ3) is 5.45. The summed E-state index contributed by atoms with van der Waals surface area (Å²) in [4.78, 5) is 19.0. The molecule has 0 aliphatic heterocycles. The van der Waals surface area contributed by atoms with Crippen molar-refractivity contribution in [3.05, 3.63) is 164 Å². The smallest absolute Gasteiger partial charge is 0.188 e. The Hall–Kier alpha value is -6.01. The van der Waals surface area contributed by atoms with Crippen molar-refractivity contribution in [2.24, 2.45) is 0 Å². The third-order valence-corrected chi connectivity index (χ3v) is 8.38. The molecule has 6 aromatic carbocycles. The molecule has 0 saturated carbocycles. The largest absolute Gasteiger partial charge is 0.500 e. The van der Waals surface area contributed by atoms with Crippen LogP contribution in [0.2, 0.25) is 0 Å². The van der Waals surface area contributed by atoms with Gasteiger partial charge in [0.25, 0.3) is 0 Å². The average Bonchev–Trinajstić information content (AvgIpc) is 3.74. The zero-order valence-electron chi connectivity index (χ0n) is 25.9. The van der Waals surface area contributed by atoms with E-state index in [4.69, 9.17) is 19.4 Å². The second-order valence-electron chi connectivity index (χ2n) is 11.3. The van der Waals surface area contributed by atoms with Crippen molar-refractivity contribution in [3.63, 3.8) is 0 Å². The molecule has 10 rings (SSSR count). The second kappa shape index (κ2) is 12.9. The Morgan fingerprint density at radius 3 is 2.12 bits per heavy atom. The van der Waals surface area contributed by atoms with Crippen molar-refractivity contribution in [2.75, 3.05) is 0 Å². The van der Waals surface area contributed by atoms with Crippen LogP contribution in [0.25, 0.3) is 83.4 Å². The maximum absolute atomic E-state index is 6.59. The standard InChI is InChI=1S/C31H17N4O.C11H8N.Ir/c1-2-10-20(11-3-1)35-30(34-29-31(35)33-26-16-7-6-15-25(26)32-29)24-14-8-13-22-23-18-17-19-9-4-5-12-21(19)27(23)36-28(22)24;1-2-6-10(7-3-1)11-8-4-5-9-12-11;/h1-13,15-18H;1-6,8-9H;/q2*-1;. The van der Waals surface area contributed by atoms with Crippen LogP contribution in [0.5, 0.6) is 0 Å². The molecule has 49 heavy (non-hydrogen) atoms. The van der Waals surface area contributed by atoms with Crippen LogP contribution in [0.1, 0.15) is 0 Å². The first-order valence-corrected chi connectivity index (χ1v) is 15.7. The van der Waals surface area contributed by atoms with Gasteiger partial charge in [0.1, 0.15) is 5.58 Å². The van der Waals surface area contributed by atoms with E-state index in [-0.39, 0.29) is 20.1 Å². The molecule has 0 atom stereocenters. The minimum absolute atomic E-state index is 0. The Morgan fingerprint density at radius 2 is 1.31 bits per heavy atom. The van der Waals surface area contributed by atoms with Gasteiger partial charge in [0.2, 0.25) is 0 Å². The minimum Gasteiger partial charge on any atom is -0.500 e. The van der Waals surface area contributed by atoms with E-state index >= 15 is 0 Å². The van der Waals surface area contributed by atoms with Gasteiger partial charge in [-0.15, -0.1) is 54.1 Å². The summed E-state index contributed by atoms with van der Waals surface area (Å²) in [5.74, 6) is 0.695. The molecule has 0 fully saturated rings.